The molecule has 0 aliphatic heterocycles. The summed E-state index contributed by atoms with van der Waals surface area (Å²) >= 11 is 11.1. The Balaban J connectivity index is 1.58. The van der Waals surface area contributed by atoms with E-state index in [0.29, 0.717) is 32.9 Å². The lowest BCUT2D eigenvalue weighted by atomic mass is 10.2. The molecule has 4 aromatic rings. The Labute approximate surface area is 164 Å². The Morgan fingerprint density at radius 3 is 2.74 bits per heavy atom. The predicted molar refractivity (Wildman–Crippen MR) is 106 cm³/mol. The van der Waals surface area contributed by atoms with Crippen molar-refractivity contribution in [3.63, 3.8) is 0 Å². The average molecular weight is 397 g/mol. The van der Waals surface area contributed by atoms with E-state index in [2.05, 4.69) is 15.3 Å². The number of nitrogens with one attached hydrogen (secondary N) is 1. The largest absolute Gasteiger partial charge is 0.461 e. The maximum Gasteiger partial charge on any atom is 0.219 e. The second-order valence-corrected chi connectivity index (χ2v) is 6.34. The Kier molecular flexibility index (Phi) is 4.86. The molecule has 1 N–H and O–H groups in total. The molecule has 0 atom stereocenters. The van der Waals surface area contributed by atoms with E-state index in [1.165, 1.54) is 4.68 Å². The number of hydrogen-bond acceptors (Lipinski definition) is 5. The molecule has 2 aromatic heterocycles. The number of rotatable bonds is 5. The molecule has 0 radical (unpaired) electrons. The van der Waals surface area contributed by atoms with Crippen LogP contribution in [0, 0.1) is 4.77 Å². The predicted octanol–water partition coefficient (Wildman–Crippen LogP) is 5.53. The quantitative estimate of drug-likeness (QED) is 0.356. The van der Waals surface area contributed by atoms with E-state index in [-0.39, 0.29) is 0 Å². The molecule has 0 saturated carbocycles. The van der Waals surface area contributed by atoms with Crippen molar-refractivity contribution in [3.8, 4) is 23.1 Å². The summed E-state index contributed by atoms with van der Waals surface area (Å²) in [5.74, 6) is 2.45. The number of H-pyrrole nitrogens is 1. The Morgan fingerprint density at radius 1 is 1.11 bits per heavy atom. The first-order valence-electron chi connectivity index (χ1n) is 7.98. The molecule has 2 heterocycles. The number of hydrogen-bond donors (Lipinski definition) is 1. The van der Waals surface area contributed by atoms with E-state index < -0.39 is 0 Å². The highest BCUT2D eigenvalue weighted by Gasteiger charge is 2.10. The molecule has 0 spiro atoms. The zero-order valence-corrected chi connectivity index (χ0v) is 15.4. The molecule has 0 bridgehead atoms. The van der Waals surface area contributed by atoms with E-state index in [1.807, 2.05) is 36.4 Å². The summed E-state index contributed by atoms with van der Waals surface area (Å²) in [7, 11) is 0. The summed E-state index contributed by atoms with van der Waals surface area (Å²) in [5.41, 5.74) is 0.843. The summed E-state index contributed by atoms with van der Waals surface area (Å²) in [6.07, 6.45) is 3.24. The van der Waals surface area contributed by atoms with Crippen LogP contribution in [0.2, 0.25) is 5.02 Å². The molecule has 6 nitrogen and oxygen atoms in total. The van der Waals surface area contributed by atoms with Gasteiger partial charge in [-0.3, -0.25) is 0 Å². The summed E-state index contributed by atoms with van der Waals surface area (Å²) in [4.78, 5) is 0. The fourth-order valence-electron chi connectivity index (χ4n) is 2.39. The van der Waals surface area contributed by atoms with Crippen molar-refractivity contribution in [2.75, 3.05) is 0 Å². The highest BCUT2D eigenvalue weighted by atomic mass is 35.5. The average Bonchev–Trinajstić information content (AvgIpc) is 3.32. The zero-order chi connectivity index (χ0) is 18.6. The molecule has 134 valence electrons. The van der Waals surface area contributed by atoms with Gasteiger partial charge in [0.1, 0.15) is 11.5 Å². The number of halogens is 1. The van der Waals surface area contributed by atoms with Gasteiger partial charge in [-0.2, -0.15) is 9.78 Å². The molecule has 27 heavy (non-hydrogen) atoms. The fraction of sp³-hybridized carbons (Fsp3) is 0. The van der Waals surface area contributed by atoms with Gasteiger partial charge in [-0.05, 0) is 66.3 Å². The van der Waals surface area contributed by atoms with Crippen LogP contribution in [0.4, 0.5) is 0 Å². The van der Waals surface area contributed by atoms with Crippen molar-refractivity contribution in [2.45, 2.75) is 0 Å². The van der Waals surface area contributed by atoms with Gasteiger partial charge in [0.15, 0.2) is 5.76 Å². The van der Waals surface area contributed by atoms with Crippen LogP contribution < -0.4 is 4.74 Å². The summed E-state index contributed by atoms with van der Waals surface area (Å²) < 4.78 is 13.1. The number of aromatic amines is 1. The zero-order valence-electron chi connectivity index (χ0n) is 13.9. The van der Waals surface area contributed by atoms with E-state index in [4.69, 9.17) is 33.0 Å². The molecular weight excluding hydrogens is 384 g/mol. The highest BCUT2D eigenvalue weighted by Crippen LogP contribution is 2.23. The molecule has 0 aliphatic rings. The SMILES string of the molecule is S=c1[nH]nc(-c2ccco2)n1/N=C\c1cccc(Oc2ccc(Cl)cc2)c1. The smallest absolute Gasteiger partial charge is 0.219 e. The monoisotopic (exact) mass is 396 g/mol. The van der Waals surface area contributed by atoms with E-state index in [0.717, 1.165) is 5.56 Å². The van der Waals surface area contributed by atoms with Crippen LogP contribution in [0.3, 0.4) is 0 Å². The van der Waals surface area contributed by atoms with Crippen molar-refractivity contribution < 1.29 is 9.15 Å². The fourth-order valence-corrected chi connectivity index (χ4v) is 2.69. The first kappa shape index (κ1) is 17.3. The normalized spacial score (nSPS) is 11.1. The Hall–Kier alpha value is -3.16. The minimum Gasteiger partial charge on any atom is -0.461 e. The third kappa shape index (κ3) is 3.99. The van der Waals surface area contributed by atoms with Gasteiger partial charge in [0.05, 0.1) is 12.5 Å². The third-order valence-corrected chi connectivity index (χ3v) is 4.14. The second kappa shape index (κ2) is 7.61. The van der Waals surface area contributed by atoms with Crippen LogP contribution in [0.1, 0.15) is 5.56 Å². The van der Waals surface area contributed by atoms with Crippen LogP contribution in [0.15, 0.2) is 76.4 Å². The van der Waals surface area contributed by atoms with Gasteiger partial charge in [0.25, 0.3) is 0 Å². The summed E-state index contributed by atoms with van der Waals surface area (Å²) in [5, 5.41) is 11.9. The van der Waals surface area contributed by atoms with E-state index in [9.17, 15) is 0 Å². The summed E-state index contributed by atoms with van der Waals surface area (Å²) in [6, 6.07) is 18.3. The third-order valence-electron chi connectivity index (χ3n) is 3.62. The minimum atomic E-state index is 0.367. The lowest BCUT2D eigenvalue weighted by Crippen LogP contribution is -1.94. The first-order valence-corrected chi connectivity index (χ1v) is 8.77. The van der Waals surface area contributed by atoms with Gasteiger partial charge >= 0.3 is 0 Å². The Bertz CT molecular complexity index is 1130. The van der Waals surface area contributed by atoms with E-state index >= 15 is 0 Å². The molecule has 8 heteroatoms. The molecule has 4 rings (SSSR count). The number of aromatic nitrogens is 3. The van der Waals surface area contributed by atoms with Gasteiger partial charge in [0.2, 0.25) is 10.6 Å². The molecule has 0 amide bonds. The molecule has 0 aliphatic carbocycles. The number of furan rings is 1. The minimum absolute atomic E-state index is 0.367. The Morgan fingerprint density at radius 2 is 1.96 bits per heavy atom. The number of nitrogens with zero attached hydrogens (tertiary/aromatic N) is 3. The van der Waals surface area contributed by atoms with Crippen LogP contribution in [0.25, 0.3) is 11.6 Å². The number of benzene rings is 2. The summed E-state index contributed by atoms with van der Waals surface area (Å²) in [6.45, 7) is 0. The van der Waals surface area contributed by atoms with Gasteiger partial charge < -0.3 is 9.15 Å². The van der Waals surface area contributed by atoms with E-state index in [1.54, 1.807) is 36.7 Å². The molecule has 0 fully saturated rings. The molecule has 0 saturated heterocycles. The lowest BCUT2D eigenvalue weighted by molar-refractivity contribution is 0.482. The maximum atomic E-state index is 5.89. The van der Waals surface area contributed by atoms with Crippen molar-refractivity contribution >= 4 is 30.0 Å². The standard InChI is InChI=1S/C19H13ClN4O2S/c20-14-6-8-15(9-7-14)26-16-4-1-3-13(11-16)12-21-24-18(22-23-19(24)27)17-5-2-10-25-17/h1-12H,(H,23,27)/b21-12-. The van der Waals surface area contributed by atoms with Crippen LogP contribution in [-0.4, -0.2) is 21.1 Å². The van der Waals surface area contributed by atoms with Gasteiger partial charge in [-0.1, -0.05) is 23.7 Å². The topological polar surface area (TPSA) is 68.3 Å². The first-order chi connectivity index (χ1) is 13.2. The van der Waals surface area contributed by atoms with Crippen LogP contribution >= 0.6 is 23.8 Å². The van der Waals surface area contributed by atoms with Crippen molar-refractivity contribution in [1.82, 2.24) is 14.9 Å². The van der Waals surface area contributed by atoms with Crippen molar-refractivity contribution in [2.24, 2.45) is 5.10 Å². The number of ether oxygens (including phenoxy) is 1. The van der Waals surface area contributed by atoms with Gasteiger partial charge in [-0.25, -0.2) is 5.10 Å². The van der Waals surface area contributed by atoms with Crippen LogP contribution in [-0.2, 0) is 0 Å². The van der Waals surface area contributed by atoms with Crippen molar-refractivity contribution in [1.29, 1.82) is 0 Å². The highest BCUT2D eigenvalue weighted by molar-refractivity contribution is 7.71. The molecular formula is C19H13ClN4O2S. The maximum absolute atomic E-state index is 5.89. The second-order valence-electron chi connectivity index (χ2n) is 5.51. The van der Waals surface area contributed by atoms with Crippen LogP contribution in [0.5, 0.6) is 11.5 Å². The lowest BCUT2D eigenvalue weighted by Gasteiger charge is -2.06. The van der Waals surface area contributed by atoms with Crippen molar-refractivity contribution in [3.05, 3.63) is 82.3 Å². The molecule has 0 unspecified atom stereocenters. The molecule has 2 aromatic carbocycles. The van der Waals surface area contributed by atoms with Gasteiger partial charge in [-0.15, -0.1) is 5.10 Å². The van der Waals surface area contributed by atoms with Gasteiger partial charge in [0, 0.05) is 5.02 Å².